The fourth-order valence-electron chi connectivity index (χ4n) is 2.06. The standard InChI is InChI=1S/C18H19NO2/c19-14-15-4-6-16(7-5-15)17-8-10-18(11-9-17)21-13-3-1-2-12-20/h4-11,20H,1-3,12-13H2. The van der Waals surface area contributed by atoms with Crippen LogP contribution in [0.25, 0.3) is 11.1 Å². The van der Waals surface area contributed by atoms with Crippen LogP contribution >= 0.6 is 0 Å². The van der Waals surface area contributed by atoms with Crippen LogP contribution in [-0.2, 0) is 0 Å². The third-order valence-corrected chi connectivity index (χ3v) is 3.27. The average molecular weight is 281 g/mol. The van der Waals surface area contributed by atoms with E-state index in [0.29, 0.717) is 12.2 Å². The Hall–Kier alpha value is -2.31. The molecular weight excluding hydrogens is 262 g/mol. The van der Waals surface area contributed by atoms with Crippen LogP contribution in [-0.4, -0.2) is 18.3 Å². The summed E-state index contributed by atoms with van der Waals surface area (Å²) in [5.74, 6) is 0.858. The second-order valence-electron chi connectivity index (χ2n) is 4.85. The van der Waals surface area contributed by atoms with Gasteiger partial charge in [-0.15, -0.1) is 0 Å². The molecule has 0 heterocycles. The molecule has 0 aliphatic heterocycles. The summed E-state index contributed by atoms with van der Waals surface area (Å²) in [4.78, 5) is 0. The predicted molar refractivity (Wildman–Crippen MR) is 83.0 cm³/mol. The number of nitrogens with zero attached hydrogens (tertiary/aromatic N) is 1. The summed E-state index contributed by atoms with van der Waals surface area (Å²) in [6, 6.07) is 17.6. The highest BCUT2D eigenvalue weighted by Crippen LogP contribution is 2.22. The van der Waals surface area contributed by atoms with E-state index in [1.807, 2.05) is 48.5 Å². The van der Waals surface area contributed by atoms with Gasteiger partial charge in [0.05, 0.1) is 18.2 Å². The summed E-state index contributed by atoms with van der Waals surface area (Å²) in [7, 11) is 0. The normalized spacial score (nSPS) is 10.1. The maximum absolute atomic E-state index is 8.79. The van der Waals surface area contributed by atoms with Gasteiger partial charge in [0.1, 0.15) is 5.75 Å². The second kappa shape index (κ2) is 8.08. The first-order chi connectivity index (χ1) is 10.3. The lowest BCUT2D eigenvalue weighted by Gasteiger charge is -2.07. The lowest BCUT2D eigenvalue weighted by molar-refractivity contribution is 0.266. The molecule has 2 aromatic carbocycles. The van der Waals surface area contributed by atoms with E-state index in [0.717, 1.165) is 36.1 Å². The second-order valence-corrected chi connectivity index (χ2v) is 4.85. The number of nitriles is 1. The third kappa shape index (κ3) is 4.62. The van der Waals surface area contributed by atoms with E-state index in [1.165, 1.54) is 0 Å². The molecule has 0 saturated heterocycles. The highest BCUT2D eigenvalue weighted by atomic mass is 16.5. The maximum atomic E-state index is 8.79. The monoisotopic (exact) mass is 281 g/mol. The number of benzene rings is 2. The van der Waals surface area contributed by atoms with E-state index in [-0.39, 0.29) is 6.61 Å². The third-order valence-electron chi connectivity index (χ3n) is 3.27. The van der Waals surface area contributed by atoms with Gasteiger partial charge in [0.25, 0.3) is 0 Å². The molecule has 0 radical (unpaired) electrons. The fraction of sp³-hybridized carbons (Fsp3) is 0.278. The predicted octanol–water partition coefficient (Wildman–Crippen LogP) is 3.77. The van der Waals surface area contributed by atoms with Crippen molar-refractivity contribution >= 4 is 0 Å². The van der Waals surface area contributed by atoms with Gasteiger partial charge in [-0.2, -0.15) is 5.26 Å². The molecule has 0 aliphatic rings. The van der Waals surface area contributed by atoms with Crippen molar-refractivity contribution in [2.24, 2.45) is 0 Å². The van der Waals surface area contributed by atoms with Crippen LogP contribution in [0, 0.1) is 11.3 Å². The Bertz CT molecular complexity index is 582. The first kappa shape index (κ1) is 15.1. The molecule has 3 heteroatoms. The smallest absolute Gasteiger partial charge is 0.119 e. The van der Waals surface area contributed by atoms with E-state index in [1.54, 1.807) is 0 Å². The fourth-order valence-corrected chi connectivity index (χ4v) is 2.06. The molecule has 21 heavy (non-hydrogen) atoms. The van der Waals surface area contributed by atoms with E-state index >= 15 is 0 Å². The molecule has 0 unspecified atom stereocenters. The van der Waals surface area contributed by atoms with Crippen molar-refractivity contribution in [3.05, 3.63) is 54.1 Å². The number of aliphatic hydroxyl groups is 1. The number of hydrogen-bond acceptors (Lipinski definition) is 3. The van der Waals surface area contributed by atoms with Crippen LogP contribution in [0.3, 0.4) is 0 Å². The molecule has 0 bridgehead atoms. The Kier molecular flexibility index (Phi) is 5.81. The lowest BCUT2D eigenvalue weighted by atomic mass is 10.0. The Morgan fingerprint density at radius 2 is 1.48 bits per heavy atom. The molecule has 108 valence electrons. The molecule has 0 fully saturated rings. The highest BCUT2D eigenvalue weighted by molar-refractivity contribution is 5.64. The van der Waals surface area contributed by atoms with Gasteiger partial charge in [-0.05, 0) is 54.7 Å². The van der Waals surface area contributed by atoms with Crippen molar-refractivity contribution in [2.45, 2.75) is 19.3 Å². The Balaban J connectivity index is 1.90. The van der Waals surface area contributed by atoms with Crippen molar-refractivity contribution in [3.8, 4) is 22.9 Å². The van der Waals surface area contributed by atoms with Crippen LogP contribution < -0.4 is 4.74 Å². The van der Waals surface area contributed by atoms with E-state index in [4.69, 9.17) is 15.1 Å². The zero-order valence-corrected chi connectivity index (χ0v) is 12.0. The first-order valence-electron chi connectivity index (χ1n) is 7.18. The number of rotatable bonds is 7. The van der Waals surface area contributed by atoms with E-state index in [2.05, 4.69) is 6.07 Å². The largest absolute Gasteiger partial charge is 0.494 e. The minimum atomic E-state index is 0.249. The number of unbranched alkanes of at least 4 members (excludes halogenated alkanes) is 2. The van der Waals surface area contributed by atoms with Crippen LogP contribution in [0.4, 0.5) is 0 Å². The highest BCUT2D eigenvalue weighted by Gasteiger charge is 1.99. The van der Waals surface area contributed by atoms with Gasteiger partial charge in [-0.3, -0.25) is 0 Å². The van der Waals surface area contributed by atoms with Crippen LogP contribution in [0.1, 0.15) is 24.8 Å². The Labute approximate surface area is 125 Å². The van der Waals surface area contributed by atoms with Gasteiger partial charge in [-0.1, -0.05) is 24.3 Å². The van der Waals surface area contributed by atoms with E-state index < -0.39 is 0 Å². The van der Waals surface area contributed by atoms with Gasteiger partial charge in [0.15, 0.2) is 0 Å². The summed E-state index contributed by atoms with van der Waals surface area (Å²) >= 11 is 0. The molecule has 2 rings (SSSR count). The summed E-state index contributed by atoms with van der Waals surface area (Å²) in [5.41, 5.74) is 2.86. The molecule has 2 aromatic rings. The molecule has 0 aliphatic carbocycles. The summed E-state index contributed by atoms with van der Waals surface area (Å²) in [6.45, 7) is 0.926. The van der Waals surface area contributed by atoms with Gasteiger partial charge < -0.3 is 9.84 Å². The summed E-state index contributed by atoms with van der Waals surface area (Å²) in [6.07, 6.45) is 2.78. The van der Waals surface area contributed by atoms with Gasteiger partial charge in [0, 0.05) is 6.61 Å². The summed E-state index contributed by atoms with van der Waals surface area (Å²) < 4.78 is 5.66. The Morgan fingerprint density at radius 1 is 0.857 bits per heavy atom. The van der Waals surface area contributed by atoms with Gasteiger partial charge >= 0.3 is 0 Å². The first-order valence-corrected chi connectivity index (χ1v) is 7.18. The SMILES string of the molecule is N#Cc1ccc(-c2ccc(OCCCCCO)cc2)cc1. The van der Waals surface area contributed by atoms with Crippen molar-refractivity contribution in [1.29, 1.82) is 5.26 Å². The van der Waals surface area contributed by atoms with Crippen molar-refractivity contribution in [3.63, 3.8) is 0 Å². The lowest BCUT2D eigenvalue weighted by Crippen LogP contribution is -1.97. The molecule has 0 amide bonds. The minimum absolute atomic E-state index is 0.249. The van der Waals surface area contributed by atoms with Gasteiger partial charge in [0.2, 0.25) is 0 Å². The average Bonchev–Trinajstić information content (AvgIpc) is 2.55. The van der Waals surface area contributed by atoms with Crippen molar-refractivity contribution in [2.75, 3.05) is 13.2 Å². The topological polar surface area (TPSA) is 53.2 Å². The number of hydrogen-bond donors (Lipinski definition) is 1. The molecule has 0 spiro atoms. The molecule has 3 nitrogen and oxygen atoms in total. The number of aliphatic hydroxyl groups excluding tert-OH is 1. The minimum Gasteiger partial charge on any atom is -0.494 e. The maximum Gasteiger partial charge on any atom is 0.119 e. The Morgan fingerprint density at radius 3 is 2.05 bits per heavy atom. The molecule has 0 atom stereocenters. The van der Waals surface area contributed by atoms with Crippen molar-refractivity contribution in [1.82, 2.24) is 0 Å². The molecular formula is C18H19NO2. The van der Waals surface area contributed by atoms with Crippen molar-refractivity contribution < 1.29 is 9.84 Å². The van der Waals surface area contributed by atoms with Crippen LogP contribution in [0.5, 0.6) is 5.75 Å². The zero-order chi connectivity index (χ0) is 14.9. The molecule has 1 N–H and O–H groups in total. The van der Waals surface area contributed by atoms with Crippen LogP contribution in [0.15, 0.2) is 48.5 Å². The van der Waals surface area contributed by atoms with E-state index in [9.17, 15) is 0 Å². The van der Waals surface area contributed by atoms with Gasteiger partial charge in [-0.25, -0.2) is 0 Å². The zero-order valence-electron chi connectivity index (χ0n) is 12.0. The summed E-state index contributed by atoms with van der Waals surface area (Å²) in [5, 5.41) is 17.5. The molecule has 0 aromatic heterocycles. The molecule has 0 saturated carbocycles. The van der Waals surface area contributed by atoms with Crippen LogP contribution in [0.2, 0.25) is 0 Å². The quantitative estimate of drug-likeness (QED) is 0.786. The number of ether oxygens (including phenoxy) is 1.